The second-order valence-electron chi connectivity index (χ2n) is 10.3. The van der Waals surface area contributed by atoms with Gasteiger partial charge in [0.05, 0.1) is 12.0 Å². The van der Waals surface area contributed by atoms with E-state index in [2.05, 4.69) is 15.6 Å². The van der Waals surface area contributed by atoms with Crippen LogP contribution in [0, 0.1) is 5.95 Å². The number of halogens is 4. The van der Waals surface area contributed by atoms with Gasteiger partial charge in [-0.3, -0.25) is 9.59 Å². The Bertz CT molecular complexity index is 1580. The third kappa shape index (κ3) is 5.77. The summed E-state index contributed by atoms with van der Waals surface area (Å²) >= 11 is 0. The lowest BCUT2D eigenvalue weighted by atomic mass is 9.82. The minimum absolute atomic E-state index is 0.00648. The summed E-state index contributed by atoms with van der Waals surface area (Å²) in [5.74, 6) is -2.95. The zero-order chi connectivity index (χ0) is 30.2. The molecule has 3 aromatic rings. The molecular formula is C29H26F4N4O5. The van der Waals surface area contributed by atoms with Gasteiger partial charge >= 0.3 is 12.1 Å². The normalized spacial score (nSPS) is 17.2. The number of ether oxygens (including phenoxy) is 1. The molecule has 0 unspecified atom stereocenters. The quantitative estimate of drug-likeness (QED) is 0.259. The summed E-state index contributed by atoms with van der Waals surface area (Å²) in [5.41, 5.74) is 9.78. The molecule has 5 N–H and O–H groups in total. The molecule has 42 heavy (non-hydrogen) atoms. The number of benzene rings is 2. The van der Waals surface area contributed by atoms with E-state index in [0.717, 1.165) is 37.1 Å². The molecule has 3 aliphatic rings. The summed E-state index contributed by atoms with van der Waals surface area (Å²) in [6, 6.07) is 12.3. The molecule has 3 aliphatic heterocycles. The van der Waals surface area contributed by atoms with Crippen molar-refractivity contribution in [1.29, 1.82) is 0 Å². The number of hydrogen-bond donors (Lipinski definition) is 4. The Morgan fingerprint density at radius 2 is 1.62 bits per heavy atom. The number of carboxylic acid groups (broad SMARTS) is 1. The lowest BCUT2D eigenvalue weighted by Crippen LogP contribution is -2.49. The van der Waals surface area contributed by atoms with Crippen LogP contribution < -0.4 is 21.1 Å². The number of Topliss-reactive ketones (excluding diaryl/α,β-unsaturated/α-hetero) is 1. The number of piperidine rings is 1. The van der Waals surface area contributed by atoms with E-state index in [9.17, 15) is 22.8 Å². The smallest absolute Gasteiger partial charge is 0.486 e. The van der Waals surface area contributed by atoms with Crippen molar-refractivity contribution >= 4 is 23.5 Å². The van der Waals surface area contributed by atoms with Gasteiger partial charge in [-0.1, -0.05) is 18.2 Å². The molecule has 9 nitrogen and oxygen atoms in total. The maximum absolute atomic E-state index is 15.0. The molecule has 0 bridgehead atoms. The molecule has 1 aromatic heterocycles. The Morgan fingerprint density at radius 1 is 0.952 bits per heavy atom. The van der Waals surface area contributed by atoms with Gasteiger partial charge in [-0.05, 0) is 60.5 Å². The predicted octanol–water partition coefficient (Wildman–Crippen LogP) is 4.14. The van der Waals surface area contributed by atoms with Crippen LogP contribution in [-0.4, -0.2) is 59.2 Å². The summed E-state index contributed by atoms with van der Waals surface area (Å²) in [4.78, 5) is 38.0. The van der Waals surface area contributed by atoms with Crippen LogP contribution in [0.1, 0.15) is 45.5 Å². The number of alkyl halides is 3. The van der Waals surface area contributed by atoms with Crippen molar-refractivity contribution in [1.82, 2.24) is 15.6 Å². The SMILES string of the molecule is Nc1nc(F)c(-c2ccc3c(c2)C(=O)CC2(CCNCC2)O3)cc1-c1ccc2c(c1)CCNC2=O.O=C(O)C(F)(F)F. The number of rotatable bonds is 2. The molecule has 2 aromatic carbocycles. The zero-order valence-electron chi connectivity index (χ0n) is 22.1. The van der Waals surface area contributed by atoms with Gasteiger partial charge in [-0.2, -0.15) is 17.6 Å². The number of carbonyl (C=O) groups is 3. The van der Waals surface area contributed by atoms with E-state index in [-0.39, 0.29) is 23.1 Å². The van der Waals surface area contributed by atoms with Crippen LogP contribution in [0.2, 0.25) is 0 Å². The minimum atomic E-state index is -5.08. The van der Waals surface area contributed by atoms with Gasteiger partial charge in [-0.15, -0.1) is 0 Å². The average Bonchev–Trinajstić information content (AvgIpc) is 2.93. The third-order valence-corrected chi connectivity index (χ3v) is 7.50. The molecule has 1 spiro atoms. The monoisotopic (exact) mass is 586 g/mol. The van der Waals surface area contributed by atoms with E-state index >= 15 is 4.39 Å². The number of pyridine rings is 1. The molecule has 1 fully saturated rings. The van der Waals surface area contributed by atoms with Gasteiger partial charge in [0.2, 0.25) is 5.95 Å². The maximum Gasteiger partial charge on any atom is 0.490 e. The Kier molecular flexibility index (Phi) is 7.62. The predicted molar refractivity (Wildman–Crippen MR) is 144 cm³/mol. The third-order valence-electron chi connectivity index (χ3n) is 7.50. The number of fused-ring (bicyclic) bond motifs is 2. The van der Waals surface area contributed by atoms with E-state index in [1.54, 1.807) is 36.4 Å². The molecule has 6 rings (SSSR count). The number of hydrogen-bond acceptors (Lipinski definition) is 7. The van der Waals surface area contributed by atoms with Crippen molar-refractivity contribution in [2.75, 3.05) is 25.4 Å². The minimum Gasteiger partial charge on any atom is -0.486 e. The van der Waals surface area contributed by atoms with Crippen molar-refractivity contribution < 1.29 is 41.8 Å². The van der Waals surface area contributed by atoms with E-state index in [1.165, 1.54) is 0 Å². The van der Waals surface area contributed by atoms with Crippen molar-refractivity contribution in [3.63, 3.8) is 0 Å². The van der Waals surface area contributed by atoms with Crippen molar-refractivity contribution in [3.8, 4) is 28.0 Å². The van der Waals surface area contributed by atoms with Crippen LogP contribution in [0.15, 0.2) is 42.5 Å². The molecule has 0 radical (unpaired) electrons. The van der Waals surface area contributed by atoms with Crippen molar-refractivity contribution in [3.05, 3.63) is 65.1 Å². The highest BCUT2D eigenvalue weighted by atomic mass is 19.4. The second-order valence-corrected chi connectivity index (χ2v) is 10.3. The molecule has 1 amide bonds. The van der Waals surface area contributed by atoms with Gasteiger partial charge in [0.1, 0.15) is 17.2 Å². The molecule has 0 saturated carbocycles. The van der Waals surface area contributed by atoms with Crippen LogP contribution in [0.5, 0.6) is 5.75 Å². The Balaban J connectivity index is 0.000000451. The fourth-order valence-corrected chi connectivity index (χ4v) is 5.36. The molecule has 0 aliphatic carbocycles. The highest BCUT2D eigenvalue weighted by Gasteiger charge is 2.41. The topological polar surface area (TPSA) is 144 Å². The highest BCUT2D eigenvalue weighted by Crippen LogP contribution is 2.41. The standard InChI is InChI=1S/C27H25FN4O3.C2HF3O2/c28-24-19(13-20(25(29)32-24)15-1-3-18-17(11-15)5-8-31-26(18)34)16-2-4-23-21(12-16)22(33)14-27(35-23)6-9-30-10-7-27;3-2(4,5)1(6)7/h1-4,11-13,30H,5-10,14H2,(H2,29,32)(H,31,34);(H,6,7). The lowest BCUT2D eigenvalue weighted by Gasteiger charge is -2.41. The van der Waals surface area contributed by atoms with Crippen LogP contribution >= 0.6 is 0 Å². The molecule has 220 valence electrons. The zero-order valence-corrected chi connectivity index (χ0v) is 22.1. The van der Waals surface area contributed by atoms with E-state index < -0.39 is 23.7 Å². The van der Waals surface area contributed by atoms with Crippen LogP contribution in [0.25, 0.3) is 22.3 Å². The maximum atomic E-state index is 15.0. The Hall–Kier alpha value is -4.52. The largest absolute Gasteiger partial charge is 0.490 e. The molecule has 4 heterocycles. The first-order valence-electron chi connectivity index (χ1n) is 13.1. The van der Waals surface area contributed by atoms with Crippen LogP contribution in [0.4, 0.5) is 23.4 Å². The Morgan fingerprint density at radius 3 is 2.31 bits per heavy atom. The van der Waals surface area contributed by atoms with Crippen molar-refractivity contribution in [2.45, 2.75) is 37.5 Å². The number of nitrogens with one attached hydrogen (secondary N) is 2. The van der Waals surface area contributed by atoms with E-state index in [0.29, 0.717) is 47.4 Å². The number of carboxylic acids is 1. The Labute approximate surface area is 237 Å². The number of nitrogens with two attached hydrogens (primary N) is 1. The number of aliphatic carboxylic acids is 1. The number of ketones is 1. The average molecular weight is 587 g/mol. The number of anilines is 1. The van der Waals surface area contributed by atoms with Gasteiger partial charge in [-0.25, -0.2) is 9.78 Å². The number of carbonyl (C=O) groups excluding carboxylic acids is 2. The van der Waals surface area contributed by atoms with Crippen LogP contribution in [0.3, 0.4) is 0 Å². The summed E-state index contributed by atoms with van der Waals surface area (Å²) in [6.07, 6.45) is -2.49. The summed E-state index contributed by atoms with van der Waals surface area (Å²) in [7, 11) is 0. The number of amides is 1. The molecule has 0 atom stereocenters. The number of nitrogen functional groups attached to an aromatic ring is 1. The number of nitrogens with zero attached hydrogens (tertiary/aromatic N) is 1. The summed E-state index contributed by atoms with van der Waals surface area (Å²) < 4.78 is 53.0. The first-order valence-corrected chi connectivity index (χ1v) is 13.1. The van der Waals surface area contributed by atoms with Gasteiger partial charge in [0, 0.05) is 36.1 Å². The molecular weight excluding hydrogens is 560 g/mol. The van der Waals surface area contributed by atoms with Gasteiger partial charge < -0.3 is 26.2 Å². The molecule has 1 saturated heterocycles. The lowest BCUT2D eigenvalue weighted by molar-refractivity contribution is -0.192. The summed E-state index contributed by atoms with van der Waals surface area (Å²) in [5, 5.41) is 13.3. The van der Waals surface area contributed by atoms with Gasteiger partial charge in [0.15, 0.2) is 5.78 Å². The van der Waals surface area contributed by atoms with E-state index in [4.69, 9.17) is 20.4 Å². The fourth-order valence-electron chi connectivity index (χ4n) is 5.36. The van der Waals surface area contributed by atoms with E-state index in [1.807, 2.05) is 6.07 Å². The fraction of sp³-hybridized carbons (Fsp3) is 0.310. The number of aromatic nitrogens is 1. The van der Waals surface area contributed by atoms with Crippen molar-refractivity contribution in [2.24, 2.45) is 0 Å². The second kappa shape index (κ2) is 11.0. The highest BCUT2D eigenvalue weighted by molar-refractivity contribution is 6.02. The van der Waals surface area contributed by atoms with Crippen LogP contribution in [-0.2, 0) is 11.2 Å². The first-order chi connectivity index (χ1) is 19.9. The molecule has 13 heteroatoms. The van der Waals surface area contributed by atoms with Gasteiger partial charge in [0.25, 0.3) is 5.91 Å². The first kappa shape index (κ1) is 29.0. The summed E-state index contributed by atoms with van der Waals surface area (Å²) in [6.45, 7) is 2.21.